The molecule has 0 amide bonds. The van der Waals surface area contributed by atoms with Gasteiger partial charge in [0, 0.05) is 4.88 Å². The molecule has 2 heterocycles. The lowest BCUT2D eigenvalue weighted by Crippen LogP contribution is -1.89. The summed E-state index contributed by atoms with van der Waals surface area (Å²) in [6.45, 7) is 2.05. The summed E-state index contributed by atoms with van der Waals surface area (Å²) in [6, 6.07) is 11.8. The summed E-state index contributed by atoms with van der Waals surface area (Å²) in [4.78, 5) is 2.23. The van der Waals surface area contributed by atoms with Crippen molar-refractivity contribution in [3.05, 3.63) is 41.3 Å². The van der Waals surface area contributed by atoms with Gasteiger partial charge in [-0.3, -0.25) is 0 Å². The van der Waals surface area contributed by atoms with Crippen LogP contribution in [0.3, 0.4) is 0 Å². The summed E-state index contributed by atoms with van der Waals surface area (Å²) in [7, 11) is 1.64. The summed E-state index contributed by atoms with van der Waals surface area (Å²) in [6.07, 6.45) is 0. The van der Waals surface area contributed by atoms with E-state index in [1.54, 1.807) is 18.4 Å². The average Bonchev–Trinajstić information content (AvgIpc) is 3.05. The number of rotatable bonds is 3. The molecule has 0 unspecified atom stereocenters. The standard InChI is InChI=1S/C15H14N2O2S/c1-9-6-7-12(20-9)14-13(15(16)17-19-14)10-4-3-5-11(8-10)18-2/h3-8H,1-2H3,(H2,16,17). The number of thiophene rings is 1. The molecule has 3 aromatic rings. The van der Waals surface area contributed by atoms with Crippen LogP contribution in [-0.4, -0.2) is 12.3 Å². The first kappa shape index (κ1) is 12.7. The number of anilines is 1. The molecule has 0 spiro atoms. The van der Waals surface area contributed by atoms with Crippen LogP contribution in [0.15, 0.2) is 40.9 Å². The Morgan fingerprint density at radius 3 is 2.80 bits per heavy atom. The van der Waals surface area contributed by atoms with Crippen molar-refractivity contribution in [3.8, 4) is 27.5 Å². The van der Waals surface area contributed by atoms with Gasteiger partial charge in [-0.25, -0.2) is 0 Å². The van der Waals surface area contributed by atoms with Crippen LogP contribution in [0.1, 0.15) is 4.88 Å². The van der Waals surface area contributed by atoms with Gasteiger partial charge in [-0.05, 0) is 36.8 Å². The first-order chi connectivity index (χ1) is 9.69. The van der Waals surface area contributed by atoms with Gasteiger partial charge in [-0.1, -0.05) is 17.3 Å². The number of methoxy groups -OCH3 is 1. The molecule has 20 heavy (non-hydrogen) atoms. The number of ether oxygens (including phenoxy) is 1. The summed E-state index contributed by atoms with van der Waals surface area (Å²) in [5, 5.41) is 3.90. The van der Waals surface area contributed by atoms with Crippen LogP contribution in [0.4, 0.5) is 5.82 Å². The second-order valence-corrected chi connectivity index (χ2v) is 5.70. The zero-order valence-corrected chi connectivity index (χ0v) is 12.0. The maximum Gasteiger partial charge on any atom is 0.186 e. The molecule has 0 aliphatic rings. The molecular formula is C15H14N2O2S. The minimum atomic E-state index is 0.388. The van der Waals surface area contributed by atoms with Crippen molar-refractivity contribution in [3.63, 3.8) is 0 Å². The lowest BCUT2D eigenvalue weighted by molar-refractivity contribution is 0.415. The topological polar surface area (TPSA) is 61.3 Å². The van der Waals surface area contributed by atoms with Gasteiger partial charge in [0.2, 0.25) is 0 Å². The predicted molar refractivity (Wildman–Crippen MR) is 81.0 cm³/mol. The molecule has 0 aliphatic carbocycles. The van der Waals surface area contributed by atoms with Crippen molar-refractivity contribution < 1.29 is 9.26 Å². The van der Waals surface area contributed by atoms with Gasteiger partial charge < -0.3 is 15.0 Å². The van der Waals surface area contributed by atoms with E-state index >= 15 is 0 Å². The number of aryl methyl sites for hydroxylation is 1. The smallest absolute Gasteiger partial charge is 0.186 e. The Kier molecular flexibility index (Phi) is 3.20. The molecular weight excluding hydrogens is 272 g/mol. The molecule has 0 radical (unpaired) electrons. The second-order valence-electron chi connectivity index (χ2n) is 4.41. The number of nitrogens with zero attached hydrogens (tertiary/aromatic N) is 1. The Balaban J connectivity index is 2.15. The van der Waals surface area contributed by atoms with Gasteiger partial charge in [0.1, 0.15) is 5.75 Å². The van der Waals surface area contributed by atoms with Gasteiger partial charge in [-0.15, -0.1) is 11.3 Å². The van der Waals surface area contributed by atoms with Crippen LogP contribution in [0, 0.1) is 6.92 Å². The Morgan fingerprint density at radius 1 is 1.25 bits per heavy atom. The van der Waals surface area contributed by atoms with Gasteiger partial charge in [-0.2, -0.15) is 0 Å². The van der Waals surface area contributed by atoms with Gasteiger partial charge in [0.15, 0.2) is 11.6 Å². The lowest BCUT2D eigenvalue weighted by Gasteiger charge is -2.04. The van der Waals surface area contributed by atoms with E-state index in [-0.39, 0.29) is 0 Å². The Hall–Kier alpha value is -2.27. The van der Waals surface area contributed by atoms with Gasteiger partial charge >= 0.3 is 0 Å². The maximum absolute atomic E-state index is 5.97. The summed E-state index contributed by atoms with van der Waals surface area (Å²) < 4.78 is 10.7. The van der Waals surface area contributed by atoms with Crippen molar-refractivity contribution in [1.82, 2.24) is 5.16 Å². The van der Waals surface area contributed by atoms with Crippen LogP contribution in [0.2, 0.25) is 0 Å². The Morgan fingerprint density at radius 2 is 2.10 bits per heavy atom. The Bertz CT molecular complexity index is 746. The fourth-order valence-corrected chi connectivity index (χ4v) is 2.94. The number of benzene rings is 1. The average molecular weight is 286 g/mol. The van der Waals surface area contributed by atoms with Crippen molar-refractivity contribution in [2.24, 2.45) is 0 Å². The Labute approximate surface area is 120 Å². The quantitative estimate of drug-likeness (QED) is 0.791. The zero-order valence-electron chi connectivity index (χ0n) is 11.2. The SMILES string of the molecule is COc1cccc(-c2c(N)noc2-c2ccc(C)s2)c1. The van der Waals surface area contributed by atoms with E-state index in [1.165, 1.54) is 4.88 Å². The highest BCUT2D eigenvalue weighted by Crippen LogP contribution is 2.40. The highest BCUT2D eigenvalue weighted by Gasteiger charge is 2.19. The van der Waals surface area contributed by atoms with Crippen LogP contribution in [-0.2, 0) is 0 Å². The van der Waals surface area contributed by atoms with Crippen LogP contribution in [0.5, 0.6) is 5.75 Å². The molecule has 0 fully saturated rings. The number of nitrogens with two attached hydrogens (primary N) is 1. The molecule has 2 N–H and O–H groups in total. The predicted octanol–water partition coefficient (Wildman–Crippen LogP) is 3.97. The van der Waals surface area contributed by atoms with Crippen molar-refractivity contribution in [2.45, 2.75) is 6.92 Å². The van der Waals surface area contributed by atoms with E-state index in [9.17, 15) is 0 Å². The molecule has 102 valence electrons. The normalized spacial score (nSPS) is 10.7. The third kappa shape index (κ3) is 2.16. The third-order valence-electron chi connectivity index (χ3n) is 3.04. The number of hydrogen-bond acceptors (Lipinski definition) is 5. The van der Waals surface area contributed by atoms with E-state index in [0.717, 1.165) is 21.8 Å². The summed E-state index contributed by atoms with van der Waals surface area (Å²) >= 11 is 1.65. The van der Waals surface area contributed by atoms with Crippen LogP contribution >= 0.6 is 11.3 Å². The van der Waals surface area contributed by atoms with E-state index in [2.05, 4.69) is 12.1 Å². The third-order valence-corrected chi connectivity index (χ3v) is 4.04. The molecule has 5 heteroatoms. The maximum atomic E-state index is 5.97. The van der Waals surface area contributed by atoms with E-state index in [1.807, 2.05) is 36.4 Å². The zero-order chi connectivity index (χ0) is 14.1. The van der Waals surface area contributed by atoms with Gasteiger partial charge in [0.05, 0.1) is 17.6 Å². The van der Waals surface area contributed by atoms with Crippen LogP contribution in [0.25, 0.3) is 21.8 Å². The van der Waals surface area contributed by atoms with E-state index in [0.29, 0.717) is 11.6 Å². The van der Waals surface area contributed by atoms with Crippen molar-refractivity contribution in [2.75, 3.05) is 12.8 Å². The fraction of sp³-hybridized carbons (Fsp3) is 0.133. The highest BCUT2D eigenvalue weighted by atomic mass is 32.1. The molecule has 0 bridgehead atoms. The molecule has 0 atom stereocenters. The van der Waals surface area contributed by atoms with E-state index < -0.39 is 0 Å². The molecule has 3 rings (SSSR count). The lowest BCUT2D eigenvalue weighted by atomic mass is 10.0. The molecule has 0 saturated heterocycles. The summed E-state index contributed by atoms with van der Waals surface area (Å²) in [5.41, 5.74) is 7.71. The van der Waals surface area contributed by atoms with Crippen LogP contribution < -0.4 is 10.5 Å². The highest BCUT2D eigenvalue weighted by molar-refractivity contribution is 7.15. The first-order valence-electron chi connectivity index (χ1n) is 6.15. The molecule has 4 nitrogen and oxygen atoms in total. The molecule has 2 aromatic heterocycles. The van der Waals surface area contributed by atoms with Crippen molar-refractivity contribution in [1.29, 1.82) is 0 Å². The van der Waals surface area contributed by atoms with E-state index in [4.69, 9.17) is 15.0 Å². The number of aromatic nitrogens is 1. The monoisotopic (exact) mass is 286 g/mol. The molecule has 0 aliphatic heterocycles. The minimum absolute atomic E-state index is 0.388. The number of hydrogen-bond donors (Lipinski definition) is 1. The molecule has 0 saturated carbocycles. The van der Waals surface area contributed by atoms with Crippen molar-refractivity contribution >= 4 is 17.2 Å². The largest absolute Gasteiger partial charge is 0.497 e. The summed E-state index contributed by atoms with van der Waals surface area (Å²) in [5.74, 6) is 1.87. The number of nitrogen functional groups attached to an aromatic ring is 1. The fourth-order valence-electron chi connectivity index (χ4n) is 2.08. The minimum Gasteiger partial charge on any atom is -0.497 e. The first-order valence-corrected chi connectivity index (χ1v) is 6.97. The van der Waals surface area contributed by atoms with Gasteiger partial charge in [0.25, 0.3) is 0 Å². The molecule has 1 aromatic carbocycles. The second kappa shape index (κ2) is 5.02.